The fourth-order valence-corrected chi connectivity index (χ4v) is 3.93. The van der Waals surface area contributed by atoms with Crippen LogP contribution in [0.25, 0.3) is 33.1 Å². The van der Waals surface area contributed by atoms with E-state index in [9.17, 15) is 0 Å². The molecule has 5 nitrogen and oxygen atoms in total. The van der Waals surface area contributed by atoms with Crippen LogP contribution in [0, 0.1) is 11.3 Å². The first kappa shape index (κ1) is 15.8. The maximum absolute atomic E-state index is 9.15. The summed E-state index contributed by atoms with van der Waals surface area (Å²) in [6.07, 6.45) is 7.47. The van der Waals surface area contributed by atoms with E-state index in [1.807, 2.05) is 12.3 Å². The van der Waals surface area contributed by atoms with E-state index >= 15 is 0 Å². The van der Waals surface area contributed by atoms with Gasteiger partial charge in [0.15, 0.2) is 0 Å². The molecule has 0 amide bonds. The van der Waals surface area contributed by atoms with Gasteiger partial charge in [0.1, 0.15) is 17.4 Å². The molecule has 0 saturated carbocycles. The van der Waals surface area contributed by atoms with Crippen LogP contribution in [-0.2, 0) is 0 Å². The van der Waals surface area contributed by atoms with Crippen LogP contribution >= 0.6 is 0 Å². The maximum Gasteiger partial charge on any atom is 0.141 e. The molecule has 0 bridgehead atoms. The van der Waals surface area contributed by atoms with Gasteiger partial charge in [0.05, 0.1) is 11.7 Å². The summed E-state index contributed by atoms with van der Waals surface area (Å²) in [5, 5.41) is 11.2. The first-order chi connectivity index (χ1) is 13.3. The number of rotatable bonds is 2. The molecular weight excluding hydrogens is 334 g/mol. The third-order valence-electron chi connectivity index (χ3n) is 5.35. The van der Waals surface area contributed by atoms with E-state index in [0.29, 0.717) is 5.69 Å². The van der Waals surface area contributed by atoms with E-state index in [-0.39, 0.29) is 0 Å². The second-order valence-corrected chi connectivity index (χ2v) is 7.07. The molecule has 1 aliphatic heterocycles. The van der Waals surface area contributed by atoms with Crippen molar-refractivity contribution in [1.82, 2.24) is 15.0 Å². The Morgan fingerprint density at radius 2 is 1.81 bits per heavy atom. The van der Waals surface area contributed by atoms with Crippen LogP contribution < -0.4 is 4.90 Å². The smallest absolute Gasteiger partial charge is 0.141 e. The van der Waals surface area contributed by atoms with Crippen LogP contribution in [-0.4, -0.2) is 28.0 Å². The highest BCUT2D eigenvalue weighted by Crippen LogP contribution is 2.31. The number of H-pyrrole nitrogens is 1. The number of aromatic amines is 1. The third-order valence-corrected chi connectivity index (χ3v) is 5.35. The number of aromatic nitrogens is 3. The lowest BCUT2D eigenvalue weighted by Gasteiger charge is -2.29. The van der Waals surface area contributed by atoms with Crippen LogP contribution in [0.5, 0.6) is 0 Å². The Balaban J connectivity index is 1.60. The molecular formula is C22H19N5. The first-order valence-electron chi connectivity index (χ1n) is 9.35. The molecule has 1 N–H and O–H groups in total. The number of pyridine rings is 2. The summed E-state index contributed by atoms with van der Waals surface area (Å²) >= 11 is 0. The van der Waals surface area contributed by atoms with Gasteiger partial charge in [0.2, 0.25) is 0 Å². The highest BCUT2D eigenvalue weighted by atomic mass is 15.1. The molecule has 4 heterocycles. The van der Waals surface area contributed by atoms with Crippen molar-refractivity contribution in [2.24, 2.45) is 0 Å². The molecule has 0 aliphatic carbocycles. The molecule has 132 valence electrons. The summed E-state index contributed by atoms with van der Waals surface area (Å²) in [5.74, 6) is 0. The van der Waals surface area contributed by atoms with Gasteiger partial charge in [-0.3, -0.25) is 0 Å². The van der Waals surface area contributed by atoms with Crippen molar-refractivity contribution in [1.29, 1.82) is 5.26 Å². The average molecular weight is 353 g/mol. The van der Waals surface area contributed by atoms with Crippen LogP contribution in [0.3, 0.4) is 0 Å². The van der Waals surface area contributed by atoms with Gasteiger partial charge in [0, 0.05) is 41.3 Å². The standard InChI is InChI=1S/C22H19N5/c23-12-17-11-19-20-10-16(13-25-22(20)26-21(19)14-24-17)15-5-4-6-18(9-15)27-7-2-1-3-8-27/h4-6,9-11,13-14H,1-3,7-8H2,(H,25,26). The molecule has 0 spiro atoms. The predicted molar refractivity (Wildman–Crippen MR) is 108 cm³/mol. The molecule has 0 radical (unpaired) electrons. The van der Waals surface area contributed by atoms with E-state index in [0.717, 1.165) is 46.2 Å². The van der Waals surface area contributed by atoms with Crippen molar-refractivity contribution in [3.05, 3.63) is 54.5 Å². The monoisotopic (exact) mass is 353 g/mol. The van der Waals surface area contributed by atoms with Gasteiger partial charge >= 0.3 is 0 Å². The van der Waals surface area contributed by atoms with E-state index < -0.39 is 0 Å². The number of hydrogen-bond acceptors (Lipinski definition) is 4. The number of fused-ring (bicyclic) bond motifs is 3. The summed E-state index contributed by atoms with van der Waals surface area (Å²) in [7, 11) is 0. The Morgan fingerprint density at radius 3 is 2.67 bits per heavy atom. The van der Waals surface area contributed by atoms with Gasteiger partial charge < -0.3 is 9.88 Å². The number of hydrogen-bond donors (Lipinski definition) is 1. The number of anilines is 1. The Kier molecular flexibility index (Phi) is 3.75. The predicted octanol–water partition coefficient (Wildman–Crippen LogP) is 4.64. The van der Waals surface area contributed by atoms with E-state index in [1.54, 1.807) is 6.20 Å². The van der Waals surface area contributed by atoms with Crippen LogP contribution in [0.1, 0.15) is 25.0 Å². The van der Waals surface area contributed by atoms with Crippen molar-refractivity contribution in [2.75, 3.05) is 18.0 Å². The average Bonchev–Trinajstić information content (AvgIpc) is 3.11. The van der Waals surface area contributed by atoms with Crippen LogP contribution in [0.4, 0.5) is 5.69 Å². The second-order valence-electron chi connectivity index (χ2n) is 7.07. The highest BCUT2D eigenvalue weighted by Gasteiger charge is 2.13. The largest absolute Gasteiger partial charge is 0.372 e. The molecule has 1 aromatic carbocycles. The zero-order valence-electron chi connectivity index (χ0n) is 14.9. The lowest BCUT2D eigenvalue weighted by molar-refractivity contribution is 0.578. The Bertz CT molecular complexity index is 1180. The number of benzene rings is 1. The van der Waals surface area contributed by atoms with Crippen LogP contribution in [0.15, 0.2) is 48.8 Å². The summed E-state index contributed by atoms with van der Waals surface area (Å²) in [6, 6.07) is 14.8. The molecule has 1 fully saturated rings. The van der Waals surface area contributed by atoms with Crippen molar-refractivity contribution >= 4 is 27.6 Å². The van der Waals surface area contributed by atoms with E-state index in [4.69, 9.17) is 5.26 Å². The van der Waals surface area contributed by atoms with Gasteiger partial charge in [-0.25, -0.2) is 9.97 Å². The SMILES string of the molecule is N#Cc1cc2c(cn1)[nH]c1ncc(-c3cccc(N4CCCCC4)c3)cc12. The van der Waals surface area contributed by atoms with Crippen molar-refractivity contribution in [3.63, 3.8) is 0 Å². The molecule has 1 saturated heterocycles. The second kappa shape index (κ2) is 6.40. The lowest BCUT2D eigenvalue weighted by atomic mass is 10.0. The van der Waals surface area contributed by atoms with Gasteiger partial charge in [0.25, 0.3) is 0 Å². The molecule has 5 heteroatoms. The molecule has 1 aliphatic rings. The molecule has 0 atom stereocenters. The normalized spacial score (nSPS) is 14.6. The zero-order valence-corrected chi connectivity index (χ0v) is 14.9. The zero-order chi connectivity index (χ0) is 18.2. The fourth-order valence-electron chi connectivity index (χ4n) is 3.93. The lowest BCUT2D eigenvalue weighted by Crippen LogP contribution is -2.29. The molecule has 4 aromatic rings. The maximum atomic E-state index is 9.15. The van der Waals surface area contributed by atoms with Crippen molar-refractivity contribution in [3.8, 4) is 17.2 Å². The number of nitrogens with zero attached hydrogens (tertiary/aromatic N) is 4. The Morgan fingerprint density at radius 1 is 0.926 bits per heavy atom. The van der Waals surface area contributed by atoms with Crippen molar-refractivity contribution < 1.29 is 0 Å². The highest BCUT2D eigenvalue weighted by molar-refractivity contribution is 6.07. The summed E-state index contributed by atoms with van der Waals surface area (Å²) in [6.45, 7) is 2.26. The van der Waals surface area contributed by atoms with Gasteiger partial charge in [-0.15, -0.1) is 0 Å². The number of piperidine rings is 1. The minimum atomic E-state index is 0.417. The summed E-state index contributed by atoms with van der Waals surface area (Å²) in [5.41, 5.74) is 5.66. The summed E-state index contributed by atoms with van der Waals surface area (Å²) < 4.78 is 0. The van der Waals surface area contributed by atoms with Gasteiger partial charge in [-0.2, -0.15) is 5.26 Å². The minimum absolute atomic E-state index is 0.417. The van der Waals surface area contributed by atoms with E-state index in [1.165, 1.54) is 24.9 Å². The molecule has 0 unspecified atom stereocenters. The third kappa shape index (κ3) is 2.80. The topological polar surface area (TPSA) is 68.6 Å². The Labute approximate surface area is 157 Å². The van der Waals surface area contributed by atoms with Crippen molar-refractivity contribution in [2.45, 2.75) is 19.3 Å². The fraction of sp³-hybridized carbons (Fsp3) is 0.227. The first-order valence-corrected chi connectivity index (χ1v) is 9.35. The molecule has 27 heavy (non-hydrogen) atoms. The molecule has 3 aromatic heterocycles. The Hall–Kier alpha value is -3.39. The number of nitrogens with one attached hydrogen (secondary N) is 1. The van der Waals surface area contributed by atoms with Gasteiger partial charge in [-0.1, -0.05) is 12.1 Å². The van der Waals surface area contributed by atoms with Gasteiger partial charge in [-0.05, 0) is 49.1 Å². The quantitative estimate of drug-likeness (QED) is 0.570. The number of nitriles is 1. The van der Waals surface area contributed by atoms with Crippen LogP contribution in [0.2, 0.25) is 0 Å². The minimum Gasteiger partial charge on any atom is -0.372 e. The summed E-state index contributed by atoms with van der Waals surface area (Å²) in [4.78, 5) is 14.5. The van der Waals surface area contributed by atoms with E-state index in [2.05, 4.69) is 56.3 Å². The molecule has 5 rings (SSSR count).